The van der Waals surface area contributed by atoms with Crippen molar-refractivity contribution in [1.29, 1.82) is 0 Å². The van der Waals surface area contributed by atoms with Crippen LogP contribution in [-0.2, 0) is 4.79 Å². The Hall–Kier alpha value is -2.91. The lowest BCUT2D eigenvalue weighted by atomic mass is 9.87. The maximum absolute atomic E-state index is 13.3. The summed E-state index contributed by atoms with van der Waals surface area (Å²) in [6, 6.07) is 28.0. The first-order valence-corrected chi connectivity index (χ1v) is 9.41. The quantitative estimate of drug-likeness (QED) is 0.736. The van der Waals surface area contributed by atoms with E-state index in [-0.39, 0.29) is 11.8 Å². The van der Waals surface area contributed by atoms with Gasteiger partial charge in [-0.15, -0.1) is 0 Å². The molecule has 4 rings (SSSR count). The smallest absolute Gasteiger partial charge is 0.227 e. The van der Waals surface area contributed by atoms with Crippen LogP contribution in [0.4, 0.5) is 5.69 Å². The Morgan fingerprint density at radius 2 is 1.44 bits per heavy atom. The number of rotatable bonds is 4. The summed E-state index contributed by atoms with van der Waals surface area (Å²) in [4.78, 5) is 15.1. The maximum Gasteiger partial charge on any atom is 0.227 e. The van der Waals surface area contributed by atoms with Crippen molar-refractivity contribution in [3.05, 3.63) is 102 Å². The van der Waals surface area contributed by atoms with Gasteiger partial charge in [-0.05, 0) is 23.6 Å². The molecule has 1 amide bonds. The van der Waals surface area contributed by atoms with Crippen LogP contribution in [0.5, 0.6) is 0 Å². The van der Waals surface area contributed by atoms with E-state index in [1.54, 1.807) is 0 Å². The number of carbonyl (C=O) groups is 1. The van der Waals surface area contributed by atoms with Gasteiger partial charge in [0, 0.05) is 30.1 Å². The highest BCUT2D eigenvalue weighted by Gasteiger charge is 2.29. The zero-order valence-electron chi connectivity index (χ0n) is 15.2. The van der Waals surface area contributed by atoms with Crippen LogP contribution in [0.1, 0.15) is 41.6 Å². The van der Waals surface area contributed by atoms with Crippen molar-refractivity contribution in [2.45, 2.75) is 24.9 Å². The lowest BCUT2D eigenvalue weighted by Gasteiger charge is -2.33. The fourth-order valence-corrected chi connectivity index (χ4v) is 3.89. The summed E-state index contributed by atoms with van der Waals surface area (Å²) in [5.41, 5.74) is 3.96. The molecule has 1 aliphatic rings. The molecule has 1 unspecified atom stereocenters. The van der Waals surface area contributed by atoms with Crippen LogP contribution in [0, 0.1) is 0 Å². The lowest BCUT2D eigenvalue weighted by molar-refractivity contribution is -0.119. The average Bonchev–Trinajstić information content (AvgIpc) is 2.73. The van der Waals surface area contributed by atoms with E-state index in [0.717, 1.165) is 22.4 Å². The maximum atomic E-state index is 13.3. The Morgan fingerprint density at radius 3 is 2.07 bits per heavy atom. The molecule has 3 aromatic rings. The minimum atomic E-state index is -0.496. The first-order valence-electron chi connectivity index (χ1n) is 9.41. The van der Waals surface area contributed by atoms with Gasteiger partial charge in [-0.1, -0.05) is 78.9 Å². The molecule has 0 aromatic heterocycles. The van der Waals surface area contributed by atoms with Crippen molar-refractivity contribution in [1.82, 2.24) is 0 Å². The number of hydrogen-bond acceptors (Lipinski definition) is 2. The largest absolute Gasteiger partial charge is 0.388 e. The van der Waals surface area contributed by atoms with E-state index in [4.69, 9.17) is 0 Å². The third-order valence-electron chi connectivity index (χ3n) is 5.30. The number of aliphatic hydroxyl groups is 1. The number of para-hydroxylation sites is 1. The Balaban J connectivity index is 1.64. The third-order valence-corrected chi connectivity index (χ3v) is 5.30. The highest BCUT2D eigenvalue weighted by atomic mass is 16.3. The minimum Gasteiger partial charge on any atom is -0.388 e. The standard InChI is InChI=1S/C24H23NO2/c26-23-15-16-25(22-14-8-7-13-20(22)23)24(27)17-21(18-9-3-1-4-10-18)19-11-5-2-6-12-19/h1-14,21,23,26H,15-17H2. The van der Waals surface area contributed by atoms with E-state index in [2.05, 4.69) is 24.3 Å². The van der Waals surface area contributed by atoms with Gasteiger partial charge < -0.3 is 10.0 Å². The molecule has 0 spiro atoms. The second-order valence-corrected chi connectivity index (χ2v) is 6.99. The minimum absolute atomic E-state index is 0.0129. The topological polar surface area (TPSA) is 40.5 Å². The number of amides is 1. The molecule has 3 aromatic carbocycles. The Kier molecular flexibility index (Phi) is 5.03. The second kappa shape index (κ2) is 7.77. The van der Waals surface area contributed by atoms with Gasteiger partial charge in [0.15, 0.2) is 0 Å². The number of hydrogen-bond donors (Lipinski definition) is 1. The average molecular weight is 357 g/mol. The first kappa shape index (κ1) is 17.5. The van der Waals surface area contributed by atoms with Crippen molar-refractivity contribution < 1.29 is 9.90 Å². The Labute approximate surface area is 159 Å². The molecule has 0 bridgehead atoms. The van der Waals surface area contributed by atoms with E-state index in [1.165, 1.54) is 0 Å². The molecule has 0 saturated heterocycles. The highest BCUT2D eigenvalue weighted by molar-refractivity contribution is 5.95. The summed E-state index contributed by atoms with van der Waals surface area (Å²) in [5.74, 6) is 0.103. The number of aliphatic hydroxyl groups excluding tert-OH is 1. The summed E-state index contributed by atoms with van der Waals surface area (Å²) in [6.45, 7) is 0.549. The molecule has 0 aliphatic carbocycles. The molecule has 0 radical (unpaired) electrons. The monoisotopic (exact) mass is 357 g/mol. The molecule has 1 heterocycles. The van der Waals surface area contributed by atoms with Gasteiger partial charge in [0.25, 0.3) is 0 Å². The zero-order valence-corrected chi connectivity index (χ0v) is 15.2. The van der Waals surface area contributed by atoms with Crippen molar-refractivity contribution in [3.8, 4) is 0 Å². The molecule has 0 fully saturated rings. The normalized spacial score (nSPS) is 16.2. The zero-order chi connectivity index (χ0) is 18.6. The molecule has 1 atom stereocenters. The van der Waals surface area contributed by atoms with Crippen LogP contribution in [0.25, 0.3) is 0 Å². The molecular weight excluding hydrogens is 334 g/mol. The Morgan fingerprint density at radius 1 is 0.889 bits per heavy atom. The molecule has 27 heavy (non-hydrogen) atoms. The fourth-order valence-electron chi connectivity index (χ4n) is 3.89. The number of nitrogens with zero attached hydrogens (tertiary/aromatic N) is 1. The van der Waals surface area contributed by atoms with Crippen LogP contribution in [0.3, 0.4) is 0 Å². The van der Waals surface area contributed by atoms with E-state index in [0.29, 0.717) is 19.4 Å². The predicted octanol–water partition coefficient (Wildman–Crippen LogP) is 4.68. The van der Waals surface area contributed by atoms with Gasteiger partial charge in [-0.3, -0.25) is 4.79 Å². The lowest BCUT2D eigenvalue weighted by Crippen LogP contribution is -2.37. The van der Waals surface area contributed by atoms with E-state index < -0.39 is 6.10 Å². The van der Waals surface area contributed by atoms with Gasteiger partial charge in [0.05, 0.1) is 6.10 Å². The molecule has 1 aliphatic heterocycles. The van der Waals surface area contributed by atoms with Crippen molar-refractivity contribution in [2.75, 3.05) is 11.4 Å². The molecule has 3 nitrogen and oxygen atoms in total. The van der Waals surface area contributed by atoms with Crippen LogP contribution < -0.4 is 4.90 Å². The van der Waals surface area contributed by atoms with Gasteiger partial charge in [0.1, 0.15) is 0 Å². The number of benzene rings is 3. The van der Waals surface area contributed by atoms with Crippen LogP contribution >= 0.6 is 0 Å². The SMILES string of the molecule is O=C(CC(c1ccccc1)c1ccccc1)N1CCC(O)c2ccccc21. The van der Waals surface area contributed by atoms with E-state index in [1.807, 2.05) is 65.6 Å². The van der Waals surface area contributed by atoms with Crippen LogP contribution in [-0.4, -0.2) is 17.6 Å². The fraction of sp³-hybridized carbons (Fsp3) is 0.208. The molecular formula is C24H23NO2. The summed E-state index contributed by atoms with van der Waals surface area (Å²) in [5, 5.41) is 10.3. The summed E-state index contributed by atoms with van der Waals surface area (Å²) in [7, 11) is 0. The van der Waals surface area contributed by atoms with Gasteiger partial charge in [0.2, 0.25) is 5.91 Å². The summed E-state index contributed by atoms with van der Waals surface area (Å²) >= 11 is 0. The first-order chi connectivity index (χ1) is 13.2. The Bertz CT molecular complexity index is 868. The predicted molar refractivity (Wildman–Crippen MR) is 108 cm³/mol. The van der Waals surface area contributed by atoms with Crippen molar-refractivity contribution in [2.24, 2.45) is 0 Å². The highest BCUT2D eigenvalue weighted by Crippen LogP contribution is 2.36. The van der Waals surface area contributed by atoms with Gasteiger partial charge in [-0.2, -0.15) is 0 Å². The summed E-state index contributed by atoms with van der Waals surface area (Å²) < 4.78 is 0. The molecule has 3 heteroatoms. The van der Waals surface area contributed by atoms with Gasteiger partial charge >= 0.3 is 0 Å². The number of anilines is 1. The molecule has 136 valence electrons. The number of carbonyl (C=O) groups excluding carboxylic acids is 1. The van der Waals surface area contributed by atoms with Gasteiger partial charge in [-0.25, -0.2) is 0 Å². The molecule has 0 saturated carbocycles. The van der Waals surface area contributed by atoms with Crippen molar-refractivity contribution >= 4 is 11.6 Å². The van der Waals surface area contributed by atoms with E-state index in [9.17, 15) is 9.90 Å². The third kappa shape index (κ3) is 3.64. The summed E-state index contributed by atoms with van der Waals surface area (Å²) in [6.07, 6.45) is 0.479. The molecule has 1 N–H and O–H groups in total. The number of fused-ring (bicyclic) bond motifs is 1. The van der Waals surface area contributed by atoms with Crippen LogP contribution in [0.2, 0.25) is 0 Å². The second-order valence-electron chi connectivity index (χ2n) is 6.99. The van der Waals surface area contributed by atoms with Crippen molar-refractivity contribution in [3.63, 3.8) is 0 Å². The van der Waals surface area contributed by atoms with E-state index >= 15 is 0 Å². The van der Waals surface area contributed by atoms with Crippen LogP contribution in [0.15, 0.2) is 84.9 Å².